The number of aliphatic hydroxyl groups excluding tert-OH is 3. The number of ether oxygens (including phenoxy) is 1. The largest absolute Gasteiger partial charge is 0.391 e. The van der Waals surface area contributed by atoms with E-state index >= 15 is 0 Å². The Morgan fingerprint density at radius 3 is 2.61 bits per heavy atom. The highest BCUT2D eigenvalue weighted by Gasteiger charge is 2.51. The van der Waals surface area contributed by atoms with Gasteiger partial charge in [-0.3, -0.25) is 4.79 Å². The van der Waals surface area contributed by atoms with E-state index in [0.717, 1.165) is 5.56 Å². The Hall–Kier alpha value is -1.47. The molecule has 5 atom stereocenters. The Balaban J connectivity index is 1.51. The number of hydrogen-bond donors (Lipinski definition) is 3. The predicted octanol–water partition coefficient (Wildman–Crippen LogP) is -0.0933. The molecule has 2 saturated heterocycles. The van der Waals surface area contributed by atoms with E-state index < -0.39 is 24.4 Å². The van der Waals surface area contributed by atoms with Crippen molar-refractivity contribution in [2.75, 3.05) is 13.2 Å². The molecule has 6 nitrogen and oxygen atoms in total. The minimum atomic E-state index is -1.08. The second-order valence-corrected chi connectivity index (χ2v) is 6.38. The van der Waals surface area contributed by atoms with E-state index in [1.54, 1.807) is 0 Å². The molecule has 0 radical (unpaired) electrons. The van der Waals surface area contributed by atoms with E-state index in [1.807, 2.05) is 30.3 Å². The molecule has 1 aromatic rings. The van der Waals surface area contributed by atoms with Crippen LogP contribution in [0.15, 0.2) is 30.3 Å². The lowest BCUT2D eigenvalue weighted by Gasteiger charge is -2.39. The zero-order chi connectivity index (χ0) is 16.4. The number of benzene rings is 1. The molecule has 126 valence electrons. The molecule has 0 aliphatic carbocycles. The third-order valence-electron chi connectivity index (χ3n) is 4.82. The molecule has 2 fully saturated rings. The van der Waals surface area contributed by atoms with Crippen molar-refractivity contribution >= 4 is 5.91 Å². The molecule has 1 aromatic carbocycles. The summed E-state index contributed by atoms with van der Waals surface area (Å²) in [5, 5.41) is 30.1. The number of piperidine rings is 1. The summed E-state index contributed by atoms with van der Waals surface area (Å²) in [5.74, 6) is -0.372. The second-order valence-electron chi connectivity index (χ2n) is 6.38. The van der Waals surface area contributed by atoms with E-state index in [2.05, 4.69) is 0 Å². The molecule has 2 aliphatic rings. The molecule has 0 unspecified atom stereocenters. The molecule has 3 rings (SSSR count). The molecule has 23 heavy (non-hydrogen) atoms. The topological polar surface area (TPSA) is 90.2 Å². The van der Waals surface area contributed by atoms with Gasteiger partial charge in [-0.15, -0.1) is 0 Å². The predicted molar refractivity (Wildman–Crippen MR) is 82.3 cm³/mol. The summed E-state index contributed by atoms with van der Waals surface area (Å²) in [4.78, 5) is 13.5. The number of amides is 1. The van der Waals surface area contributed by atoms with Crippen LogP contribution in [-0.2, 0) is 16.1 Å². The monoisotopic (exact) mass is 321 g/mol. The van der Waals surface area contributed by atoms with E-state index in [1.165, 1.54) is 4.90 Å². The van der Waals surface area contributed by atoms with Crippen LogP contribution in [0.4, 0.5) is 0 Å². The van der Waals surface area contributed by atoms with Gasteiger partial charge in [0.2, 0.25) is 5.91 Å². The maximum absolute atomic E-state index is 12.1. The Morgan fingerprint density at radius 2 is 1.87 bits per heavy atom. The smallest absolute Gasteiger partial charge is 0.223 e. The van der Waals surface area contributed by atoms with E-state index in [0.29, 0.717) is 19.6 Å². The average Bonchev–Trinajstić information content (AvgIpc) is 2.86. The highest BCUT2D eigenvalue weighted by atomic mass is 16.5. The molecule has 0 bridgehead atoms. The normalized spacial score (nSPS) is 33.8. The summed E-state index contributed by atoms with van der Waals surface area (Å²) in [5.41, 5.74) is 1.08. The third kappa shape index (κ3) is 3.40. The molecule has 6 heteroatoms. The number of rotatable bonds is 5. The summed E-state index contributed by atoms with van der Waals surface area (Å²) < 4.78 is 5.62. The summed E-state index contributed by atoms with van der Waals surface area (Å²) in [6.45, 7) is 1.03. The first-order chi connectivity index (χ1) is 11.1. The fourth-order valence-corrected chi connectivity index (χ4v) is 3.51. The fourth-order valence-electron chi connectivity index (χ4n) is 3.51. The van der Waals surface area contributed by atoms with Crippen LogP contribution in [0.5, 0.6) is 0 Å². The number of carbonyl (C=O) groups is 1. The van der Waals surface area contributed by atoms with Crippen molar-refractivity contribution in [1.82, 2.24) is 4.90 Å². The molecular formula is C17H23NO5. The quantitative estimate of drug-likeness (QED) is 0.659. The van der Waals surface area contributed by atoms with Crippen molar-refractivity contribution in [3.8, 4) is 0 Å². The average molecular weight is 321 g/mol. The molecule has 0 aromatic heterocycles. The van der Waals surface area contributed by atoms with E-state index in [4.69, 9.17) is 4.74 Å². The zero-order valence-corrected chi connectivity index (χ0v) is 12.9. The first kappa shape index (κ1) is 16.4. The highest BCUT2D eigenvalue weighted by Crippen LogP contribution is 2.33. The Morgan fingerprint density at radius 1 is 1.13 bits per heavy atom. The van der Waals surface area contributed by atoms with Crippen LogP contribution in [0.25, 0.3) is 0 Å². The van der Waals surface area contributed by atoms with E-state index in [9.17, 15) is 20.1 Å². The van der Waals surface area contributed by atoms with Gasteiger partial charge in [-0.1, -0.05) is 30.3 Å². The van der Waals surface area contributed by atoms with Crippen molar-refractivity contribution in [1.29, 1.82) is 0 Å². The molecule has 0 spiro atoms. The summed E-state index contributed by atoms with van der Waals surface area (Å²) in [7, 11) is 0. The minimum Gasteiger partial charge on any atom is -0.391 e. The van der Waals surface area contributed by atoms with Crippen LogP contribution in [0.1, 0.15) is 18.4 Å². The van der Waals surface area contributed by atoms with Gasteiger partial charge in [0.05, 0.1) is 24.9 Å². The minimum absolute atomic E-state index is 0.0962. The number of fused-ring (bicyclic) bond motifs is 1. The lowest BCUT2D eigenvalue weighted by Crippen LogP contribution is -2.55. The lowest BCUT2D eigenvalue weighted by atomic mass is 9.84. The zero-order valence-electron chi connectivity index (χ0n) is 12.9. The Kier molecular flexibility index (Phi) is 4.96. The highest BCUT2D eigenvalue weighted by molar-refractivity contribution is 5.78. The van der Waals surface area contributed by atoms with Crippen molar-refractivity contribution < 1.29 is 24.9 Å². The summed E-state index contributed by atoms with van der Waals surface area (Å²) in [6.07, 6.45) is -2.12. The van der Waals surface area contributed by atoms with Crippen LogP contribution in [0.3, 0.4) is 0 Å². The van der Waals surface area contributed by atoms with Gasteiger partial charge in [-0.25, -0.2) is 0 Å². The van der Waals surface area contributed by atoms with Crippen LogP contribution in [0, 0.1) is 5.92 Å². The first-order valence-corrected chi connectivity index (χ1v) is 8.03. The molecule has 0 saturated carbocycles. The van der Waals surface area contributed by atoms with Gasteiger partial charge in [0, 0.05) is 19.6 Å². The Labute approximate surface area is 135 Å². The van der Waals surface area contributed by atoms with Gasteiger partial charge in [-0.05, 0) is 17.9 Å². The third-order valence-corrected chi connectivity index (χ3v) is 4.82. The van der Waals surface area contributed by atoms with Gasteiger partial charge in [0.1, 0.15) is 6.10 Å². The second kappa shape index (κ2) is 6.97. The van der Waals surface area contributed by atoms with Gasteiger partial charge in [-0.2, -0.15) is 0 Å². The molecule has 2 aliphatic heterocycles. The summed E-state index contributed by atoms with van der Waals surface area (Å²) >= 11 is 0. The van der Waals surface area contributed by atoms with Crippen LogP contribution in [-0.4, -0.2) is 63.6 Å². The van der Waals surface area contributed by atoms with Crippen LogP contribution in [0.2, 0.25) is 0 Å². The van der Waals surface area contributed by atoms with Crippen molar-refractivity contribution in [2.45, 2.75) is 43.8 Å². The van der Waals surface area contributed by atoms with Gasteiger partial charge in [0.25, 0.3) is 0 Å². The molecule has 3 N–H and O–H groups in total. The number of carbonyl (C=O) groups excluding carboxylic acids is 1. The SMILES string of the molecule is O=C1C[C@@H](CCOCc2ccccc2)[C@H](O)[C@H]2[C@H](O)[C@H](O)CN12. The van der Waals surface area contributed by atoms with Gasteiger partial charge >= 0.3 is 0 Å². The van der Waals surface area contributed by atoms with Crippen molar-refractivity contribution in [3.63, 3.8) is 0 Å². The number of nitrogens with zero attached hydrogens (tertiary/aromatic N) is 1. The number of aliphatic hydroxyl groups is 3. The van der Waals surface area contributed by atoms with Crippen LogP contribution < -0.4 is 0 Å². The maximum atomic E-state index is 12.1. The van der Waals surface area contributed by atoms with Gasteiger partial charge in [0.15, 0.2) is 0 Å². The standard InChI is InChI=1S/C17H23NO5/c19-13-9-18-14(20)8-12(16(21)15(18)17(13)22)6-7-23-10-11-4-2-1-3-5-11/h1-5,12-13,15-17,19,21-22H,6-10H2/t12-,13-,15+,16+,17-/m1/s1. The van der Waals surface area contributed by atoms with Crippen molar-refractivity contribution in [3.05, 3.63) is 35.9 Å². The van der Waals surface area contributed by atoms with E-state index in [-0.39, 0.29) is 24.8 Å². The summed E-state index contributed by atoms with van der Waals surface area (Å²) in [6, 6.07) is 9.10. The lowest BCUT2D eigenvalue weighted by molar-refractivity contribution is -0.147. The molecular weight excluding hydrogens is 298 g/mol. The maximum Gasteiger partial charge on any atom is 0.223 e. The molecule has 1 amide bonds. The fraction of sp³-hybridized carbons (Fsp3) is 0.588. The molecule has 2 heterocycles. The van der Waals surface area contributed by atoms with Gasteiger partial charge < -0.3 is 25.0 Å². The van der Waals surface area contributed by atoms with Crippen LogP contribution >= 0.6 is 0 Å². The number of hydrogen-bond acceptors (Lipinski definition) is 5. The van der Waals surface area contributed by atoms with Crippen molar-refractivity contribution in [2.24, 2.45) is 5.92 Å². The Bertz CT molecular complexity index is 537. The first-order valence-electron chi connectivity index (χ1n) is 8.03.